The minimum atomic E-state index is -0.316. The SMILES string of the molecule is CCOC(C)(C)CNc1nc(Cl)nc(-n2ccnc2)n1. The summed E-state index contributed by atoms with van der Waals surface area (Å²) in [7, 11) is 0. The molecule has 2 aromatic rings. The molecule has 0 aliphatic rings. The van der Waals surface area contributed by atoms with Crippen LogP contribution in [0.5, 0.6) is 0 Å². The van der Waals surface area contributed by atoms with E-state index in [1.165, 1.54) is 0 Å². The van der Waals surface area contributed by atoms with Crippen LogP contribution in [0.1, 0.15) is 20.8 Å². The molecule has 2 heterocycles. The summed E-state index contributed by atoms with van der Waals surface area (Å²) in [6.07, 6.45) is 4.97. The first-order valence-corrected chi connectivity index (χ1v) is 6.66. The fourth-order valence-corrected chi connectivity index (χ4v) is 1.80. The number of imidazole rings is 1. The van der Waals surface area contributed by atoms with E-state index in [0.29, 0.717) is 25.0 Å². The Hall–Kier alpha value is -1.73. The van der Waals surface area contributed by atoms with Crippen molar-refractivity contribution in [3.63, 3.8) is 0 Å². The van der Waals surface area contributed by atoms with E-state index >= 15 is 0 Å². The lowest BCUT2D eigenvalue weighted by atomic mass is 10.1. The van der Waals surface area contributed by atoms with E-state index in [2.05, 4.69) is 25.3 Å². The van der Waals surface area contributed by atoms with E-state index in [-0.39, 0.29) is 10.9 Å². The average Bonchev–Trinajstić information content (AvgIpc) is 2.90. The molecule has 108 valence electrons. The molecule has 0 saturated heterocycles. The number of rotatable bonds is 6. The van der Waals surface area contributed by atoms with Crippen LogP contribution in [0.15, 0.2) is 18.7 Å². The van der Waals surface area contributed by atoms with Crippen LogP contribution in [0.2, 0.25) is 5.28 Å². The van der Waals surface area contributed by atoms with Gasteiger partial charge in [-0.25, -0.2) is 4.98 Å². The van der Waals surface area contributed by atoms with Gasteiger partial charge in [0.25, 0.3) is 0 Å². The van der Waals surface area contributed by atoms with Crippen molar-refractivity contribution in [1.82, 2.24) is 24.5 Å². The Labute approximate surface area is 122 Å². The molecule has 0 fully saturated rings. The van der Waals surface area contributed by atoms with Crippen LogP contribution in [0.4, 0.5) is 5.95 Å². The molecule has 0 aliphatic heterocycles. The van der Waals surface area contributed by atoms with Crippen LogP contribution in [0.25, 0.3) is 5.95 Å². The van der Waals surface area contributed by atoms with Crippen LogP contribution in [-0.2, 0) is 4.74 Å². The smallest absolute Gasteiger partial charge is 0.241 e. The molecule has 0 saturated carbocycles. The van der Waals surface area contributed by atoms with Gasteiger partial charge in [0.1, 0.15) is 6.33 Å². The fraction of sp³-hybridized carbons (Fsp3) is 0.500. The Morgan fingerprint density at radius 1 is 1.35 bits per heavy atom. The van der Waals surface area contributed by atoms with E-state index in [4.69, 9.17) is 16.3 Å². The second kappa shape index (κ2) is 6.15. The van der Waals surface area contributed by atoms with Gasteiger partial charge < -0.3 is 10.1 Å². The summed E-state index contributed by atoms with van der Waals surface area (Å²) in [6, 6.07) is 0. The minimum absolute atomic E-state index is 0.125. The molecule has 7 nitrogen and oxygen atoms in total. The van der Waals surface area contributed by atoms with Gasteiger partial charge in [-0.05, 0) is 32.4 Å². The van der Waals surface area contributed by atoms with Crippen molar-refractivity contribution in [2.75, 3.05) is 18.5 Å². The maximum Gasteiger partial charge on any atom is 0.241 e. The Bertz CT molecular complexity index is 557. The van der Waals surface area contributed by atoms with Crippen molar-refractivity contribution in [3.8, 4) is 5.95 Å². The van der Waals surface area contributed by atoms with E-state index < -0.39 is 0 Å². The first-order chi connectivity index (χ1) is 9.50. The van der Waals surface area contributed by atoms with Gasteiger partial charge in [0, 0.05) is 25.5 Å². The van der Waals surface area contributed by atoms with Crippen molar-refractivity contribution < 1.29 is 4.74 Å². The molecule has 0 aromatic carbocycles. The van der Waals surface area contributed by atoms with Crippen molar-refractivity contribution in [3.05, 3.63) is 24.0 Å². The van der Waals surface area contributed by atoms with Gasteiger partial charge in [0.05, 0.1) is 5.60 Å². The molecule has 8 heteroatoms. The van der Waals surface area contributed by atoms with Crippen molar-refractivity contribution in [1.29, 1.82) is 0 Å². The summed E-state index contributed by atoms with van der Waals surface area (Å²) in [5, 5.41) is 3.23. The number of halogens is 1. The molecule has 0 radical (unpaired) electrons. The number of ether oxygens (including phenoxy) is 1. The highest BCUT2D eigenvalue weighted by Crippen LogP contribution is 2.13. The molecule has 0 amide bonds. The molecular weight excluding hydrogens is 280 g/mol. The van der Waals surface area contributed by atoms with E-state index in [1.54, 1.807) is 23.3 Å². The van der Waals surface area contributed by atoms with Crippen LogP contribution >= 0.6 is 11.6 Å². The van der Waals surface area contributed by atoms with Gasteiger partial charge in [0.2, 0.25) is 17.2 Å². The number of nitrogens with zero attached hydrogens (tertiary/aromatic N) is 5. The number of aromatic nitrogens is 5. The van der Waals surface area contributed by atoms with E-state index in [9.17, 15) is 0 Å². The van der Waals surface area contributed by atoms with Gasteiger partial charge in [-0.1, -0.05) is 0 Å². The molecule has 2 rings (SSSR count). The lowest BCUT2D eigenvalue weighted by Gasteiger charge is -2.24. The van der Waals surface area contributed by atoms with E-state index in [1.807, 2.05) is 20.8 Å². The highest BCUT2D eigenvalue weighted by atomic mass is 35.5. The lowest BCUT2D eigenvalue weighted by molar-refractivity contribution is 0.000577. The number of hydrogen-bond acceptors (Lipinski definition) is 6. The number of anilines is 1. The lowest BCUT2D eigenvalue weighted by Crippen LogP contribution is -2.34. The summed E-state index contributed by atoms with van der Waals surface area (Å²) in [6.45, 7) is 7.14. The zero-order valence-electron chi connectivity index (χ0n) is 11.7. The van der Waals surface area contributed by atoms with Gasteiger partial charge in [0.15, 0.2) is 0 Å². The van der Waals surface area contributed by atoms with E-state index in [0.717, 1.165) is 0 Å². The minimum Gasteiger partial charge on any atom is -0.374 e. The zero-order valence-corrected chi connectivity index (χ0v) is 12.4. The zero-order chi connectivity index (χ0) is 14.6. The summed E-state index contributed by atoms with van der Waals surface area (Å²) < 4.78 is 7.26. The monoisotopic (exact) mass is 296 g/mol. The molecule has 0 aliphatic carbocycles. The standard InChI is InChI=1S/C12H17ClN6O/c1-4-20-12(2,3)7-15-10-16-9(13)17-11(18-10)19-6-5-14-8-19/h5-6,8H,4,7H2,1-3H3,(H,15,16,17,18). The quantitative estimate of drug-likeness (QED) is 0.878. The average molecular weight is 297 g/mol. The Morgan fingerprint density at radius 3 is 2.80 bits per heavy atom. The van der Waals surface area contributed by atoms with Crippen LogP contribution in [0, 0.1) is 0 Å². The van der Waals surface area contributed by atoms with Crippen molar-refractivity contribution in [2.24, 2.45) is 0 Å². The molecule has 0 unspecified atom stereocenters. The normalized spacial score (nSPS) is 11.6. The summed E-state index contributed by atoms with van der Waals surface area (Å²) in [5.74, 6) is 0.820. The second-order valence-electron chi connectivity index (χ2n) is 4.74. The maximum atomic E-state index is 5.91. The predicted octanol–water partition coefficient (Wildman–Crippen LogP) is 1.94. The maximum absolute atomic E-state index is 5.91. The highest BCUT2D eigenvalue weighted by molar-refractivity contribution is 6.28. The van der Waals surface area contributed by atoms with Crippen LogP contribution in [0.3, 0.4) is 0 Å². The number of nitrogens with one attached hydrogen (secondary N) is 1. The molecule has 0 atom stereocenters. The molecule has 0 spiro atoms. The first kappa shape index (κ1) is 14.7. The van der Waals surface area contributed by atoms with Crippen molar-refractivity contribution >= 4 is 17.5 Å². The molecule has 0 bridgehead atoms. The molecular formula is C12H17ClN6O. The molecule has 1 N–H and O–H groups in total. The second-order valence-corrected chi connectivity index (χ2v) is 5.08. The van der Waals surface area contributed by atoms with Crippen LogP contribution in [-0.4, -0.2) is 43.3 Å². The Balaban J connectivity index is 2.13. The van der Waals surface area contributed by atoms with Gasteiger partial charge in [-0.2, -0.15) is 15.0 Å². The topological polar surface area (TPSA) is 77.8 Å². The third-order valence-electron chi connectivity index (χ3n) is 2.54. The first-order valence-electron chi connectivity index (χ1n) is 6.28. The third kappa shape index (κ3) is 3.88. The molecule has 2 aromatic heterocycles. The van der Waals surface area contributed by atoms with Crippen molar-refractivity contribution in [2.45, 2.75) is 26.4 Å². The third-order valence-corrected chi connectivity index (χ3v) is 2.71. The highest BCUT2D eigenvalue weighted by Gasteiger charge is 2.18. The van der Waals surface area contributed by atoms with Crippen LogP contribution < -0.4 is 5.32 Å². The van der Waals surface area contributed by atoms with Gasteiger partial charge in [-0.15, -0.1) is 0 Å². The number of hydrogen-bond donors (Lipinski definition) is 1. The predicted molar refractivity (Wildman–Crippen MR) is 76.2 cm³/mol. The summed E-state index contributed by atoms with van der Waals surface area (Å²) in [4.78, 5) is 16.3. The Kier molecular flexibility index (Phi) is 4.51. The summed E-state index contributed by atoms with van der Waals surface area (Å²) >= 11 is 5.91. The molecule has 20 heavy (non-hydrogen) atoms. The largest absolute Gasteiger partial charge is 0.374 e. The Morgan fingerprint density at radius 2 is 2.15 bits per heavy atom. The summed E-state index contributed by atoms with van der Waals surface area (Å²) in [5.41, 5.74) is -0.316. The van der Waals surface area contributed by atoms with Gasteiger partial charge in [-0.3, -0.25) is 4.57 Å². The fourth-order valence-electron chi connectivity index (χ4n) is 1.65. The van der Waals surface area contributed by atoms with Gasteiger partial charge >= 0.3 is 0 Å².